The molecule has 1 aliphatic heterocycles. The fourth-order valence-electron chi connectivity index (χ4n) is 3.07. The van der Waals surface area contributed by atoms with Crippen molar-refractivity contribution in [1.82, 2.24) is 10.2 Å². The van der Waals surface area contributed by atoms with E-state index in [1.807, 2.05) is 0 Å². The molecule has 1 N–H and O–H groups in total. The minimum Gasteiger partial charge on any atom is -0.444 e. The summed E-state index contributed by atoms with van der Waals surface area (Å²) in [6, 6.07) is 6.93. The highest BCUT2D eigenvalue weighted by Gasteiger charge is 2.30. The van der Waals surface area contributed by atoms with Crippen LogP contribution in [0.5, 0.6) is 0 Å². The number of rotatable bonds is 6. The molecule has 1 fully saturated rings. The van der Waals surface area contributed by atoms with Gasteiger partial charge in [-0.25, -0.2) is 4.79 Å². The van der Waals surface area contributed by atoms with Gasteiger partial charge in [0.1, 0.15) is 11.6 Å². The van der Waals surface area contributed by atoms with Gasteiger partial charge in [0.15, 0.2) is 0 Å². The smallest absolute Gasteiger partial charge is 0.408 e. The Morgan fingerprint density at radius 1 is 1.40 bits per heavy atom. The second-order valence-corrected chi connectivity index (χ2v) is 8.04. The maximum Gasteiger partial charge on any atom is 0.408 e. The summed E-state index contributed by atoms with van der Waals surface area (Å²) in [6.07, 6.45) is 4.04. The Hall–Kier alpha value is -3.41. The molecule has 0 radical (unpaired) electrons. The Bertz CT molecular complexity index is 852. The van der Waals surface area contributed by atoms with Gasteiger partial charge in [0.05, 0.1) is 23.5 Å². The molecule has 9 nitrogen and oxygen atoms in total. The number of alkyl carbamates (subject to hydrolysis) is 1. The zero-order valence-electron chi connectivity index (χ0n) is 17.3. The number of nitro benzene ring substituents is 1. The van der Waals surface area contributed by atoms with Crippen molar-refractivity contribution in [3.63, 3.8) is 0 Å². The number of ether oxygens (including phenoxy) is 1. The van der Waals surface area contributed by atoms with Gasteiger partial charge >= 0.3 is 6.09 Å². The van der Waals surface area contributed by atoms with Crippen LogP contribution in [0.25, 0.3) is 6.08 Å². The lowest BCUT2D eigenvalue weighted by Gasteiger charge is -2.24. The van der Waals surface area contributed by atoms with E-state index in [-0.39, 0.29) is 18.0 Å². The standard InChI is InChI=1S/C21H26N4O5/c1-21(2,3)30-20(27)23-16(13-19(26)24-12-4-5-18(24)14-22)9-6-15-7-10-17(11-8-15)25(28)29/h6-11,16,18H,4-5,12-13H2,1-3H3,(H,23,27)/b9-6+. The molecule has 2 rings (SSSR count). The molecule has 0 spiro atoms. The molecule has 30 heavy (non-hydrogen) atoms. The molecule has 2 atom stereocenters. The molecular formula is C21H26N4O5. The van der Waals surface area contributed by atoms with Crippen LogP contribution >= 0.6 is 0 Å². The van der Waals surface area contributed by atoms with E-state index in [9.17, 15) is 25.0 Å². The number of non-ortho nitro benzene ring substituents is 1. The highest BCUT2D eigenvalue weighted by atomic mass is 16.6. The summed E-state index contributed by atoms with van der Waals surface area (Å²) in [7, 11) is 0. The predicted octanol–water partition coefficient (Wildman–Crippen LogP) is 3.41. The van der Waals surface area contributed by atoms with Gasteiger partial charge in [-0.2, -0.15) is 5.26 Å². The fraction of sp³-hybridized carbons (Fsp3) is 0.476. The van der Waals surface area contributed by atoms with Gasteiger partial charge < -0.3 is 15.0 Å². The Morgan fingerprint density at radius 3 is 2.63 bits per heavy atom. The van der Waals surface area contributed by atoms with Crippen LogP contribution in [0, 0.1) is 21.4 Å². The van der Waals surface area contributed by atoms with Crippen LogP contribution in [0.15, 0.2) is 30.3 Å². The Labute approximate surface area is 175 Å². The highest BCUT2D eigenvalue weighted by molar-refractivity contribution is 5.79. The van der Waals surface area contributed by atoms with E-state index < -0.39 is 28.7 Å². The van der Waals surface area contributed by atoms with Crippen molar-refractivity contribution in [3.05, 3.63) is 46.0 Å². The number of carbonyl (C=O) groups is 2. The van der Waals surface area contributed by atoms with Crippen LogP contribution in [-0.2, 0) is 9.53 Å². The first-order valence-electron chi connectivity index (χ1n) is 9.70. The van der Waals surface area contributed by atoms with E-state index in [0.717, 1.165) is 6.42 Å². The summed E-state index contributed by atoms with van der Waals surface area (Å²) in [6.45, 7) is 5.73. The third-order valence-electron chi connectivity index (χ3n) is 4.44. The van der Waals surface area contributed by atoms with Crippen LogP contribution in [0.1, 0.15) is 45.6 Å². The number of nitriles is 1. The van der Waals surface area contributed by atoms with Crippen molar-refractivity contribution in [2.45, 2.75) is 57.7 Å². The normalized spacial score (nSPS) is 17.4. The summed E-state index contributed by atoms with van der Waals surface area (Å²) >= 11 is 0. The van der Waals surface area contributed by atoms with Crippen LogP contribution in [0.4, 0.5) is 10.5 Å². The van der Waals surface area contributed by atoms with Crippen molar-refractivity contribution < 1.29 is 19.2 Å². The van der Waals surface area contributed by atoms with Crippen LogP contribution in [0.3, 0.4) is 0 Å². The largest absolute Gasteiger partial charge is 0.444 e. The van der Waals surface area contributed by atoms with Crippen LogP contribution < -0.4 is 5.32 Å². The van der Waals surface area contributed by atoms with Crippen molar-refractivity contribution in [2.24, 2.45) is 0 Å². The summed E-state index contributed by atoms with van der Waals surface area (Å²) in [5, 5.41) is 22.7. The number of amides is 2. The molecular weight excluding hydrogens is 388 g/mol. The molecule has 1 saturated heterocycles. The van der Waals surface area contributed by atoms with E-state index in [4.69, 9.17) is 4.74 Å². The second-order valence-electron chi connectivity index (χ2n) is 8.04. The number of nitrogens with one attached hydrogen (secondary N) is 1. The summed E-state index contributed by atoms with van der Waals surface area (Å²) in [5.41, 5.74) is -0.0378. The third kappa shape index (κ3) is 6.88. The van der Waals surface area contributed by atoms with E-state index in [2.05, 4.69) is 11.4 Å². The molecule has 1 aliphatic rings. The number of likely N-dealkylation sites (tertiary alicyclic amines) is 1. The van der Waals surface area contributed by atoms with Gasteiger partial charge in [-0.3, -0.25) is 14.9 Å². The second kappa shape index (κ2) is 9.87. The number of nitrogens with zero attached hydrogens (tertiary/aromatic N) is 3. The molecule has 0 saturated carbocycles. The number of hydrogen-bond donors (Lipinski definition) is 1. The molecule has 1 aromatic rings. The maximum atomic E-state index is 12.7. The molecule has 0 aliphatic carbocycles. The molecule has 2 unspecified atom stereocenters. The fourth-order valence-corrected chi connectivity index (χ4v) is 3.07. The van der Waals surface area contributed by atoms with Crippen molar-refractivity contribution >= 4 is 23.8 Å². The van der Waals surface area contributed by atoms with Crippen LogP contribution in [0.2, 0.25) is 0 Å². The van der Waals surface area contributed by atoms with Gasteiger partial charge in [0.25, 0.3) is 5.69 Å². The number of carbonyl (C=O) groups excluding carboxylic acids is 2. The Balaban J connectivity index is 2.13. The third-order valence-corrected chi connectivity index (χ3v) is 4.44. The lowest BCUT2D eigenvalue weighted by atomic mass is 10.1. The maximum absolute atomic E-state index is 12.7. The summed E-state index contributed by atoms with van der Waals surface area (Å²) < 4.78 is 5.28. The van der Waals surface area contributed by atoms with Gasteiger partial charge in [-0.05, 0) is 51.3 Å². The lowest BCUT2D eigenvalue weighted by molar-refractivity contribution is -0.384. The number of nitro groups is 1. The molecule has 9 heteroatoms. The van der Waals surface area contributed by atoms with E-state index in [1.165, 1.54) is 17.0 Å². The first kappa shape index (κ1) is 22.9. The summed E-state index contributed by atoms with van der Waals surface area (Å²) in [5.74, 6) is -0.228. The topological polar surface area (TPSA) is 126 Å². The monoisotopic (exact) mass is 414 g/mol. The minimum atomic E-state index is -0.693. The first-order valence-corrected chi connectivity index (χ1v) is 9.70. The van der Waals surface area contributed by atoms with E-state index >= 15 is 0 Å². The van der Waals surface area contributed by atoms with Gasteiger partial charge in [-0.1, -0.05) is 12.2 Å². The molecule has 1 heterocycles. The zero-order chi connectivity index (χ0) is 22.3. The van der Waals surface area contributed by atoms with Crippen molar-refractivity contribution in [3.8, 4) is 6.07 Å². The molecule has 1 aromatic carbocycles. The Kier molecular flexibility index (Phi) is 7.53. The molecule has 2 amide bonds. The number of benzene rings is 1. The predicted molar refractivity (Wildman–Crippen MR) is 110 cm³/mol. The first-order chi connectivity index (χ1) is 14.1. The van der Waals surface area contributed by atoms with Crippen molar-refractivity contribution in [2.75, 3.05) is 6.54 Å². The molecule has 0 aromatic heterocycles. The summed E-state index contributed by atoms with van der Waals surface area (Å²) in [4.78, 5) is 36.7. The average Bonchev–Trinajstić information content (AvgIpc) is 3.13. The van der Waals surface area contributed by atoms with E-state index in [1.54, 1.807) is 45.1 Å². The quantitative estimate of drug-likeness (QED) is 0.562. The number of hydrogen-bond acceptors (Lipinski definition) is 6. The van der Waals surface area contributed by atoms with Gasteiger partial charge in [0, 0.05) is 18.7 Å². The van der Waals surface area contributed by atoms with E-state index in [0.29, 0.717) is 18.5 Å². The minimum absolute atomic E-state index is 0.0256. The highest BCUT2D eigenvalue weighted by Crippen LogP contribution is 2.19. The Morgan fingerprint density at radius 2 is 2.07 bits per heavy atom. The molecule has 160 valence electrons. The van der Waals surface area contributed by atoms with Crippen LogP contribution in [-0.4, -0.2) is 46.1 Å². The van der Waals surface area contributed by atoms with Gasteiger partial charge in [-0.15, -0.1) is 0 Å². The zero-order valence-corrected chi connectivity index (χ0v) is 17.3. The van der Waals surface area contributed by atoms with Gasteiger partial charge in [0.2, 0.25) is 5.91 Å². The molecule has 0 bridgehead atoms. The lowest BCUT2D eigenvalue weighted by Crippen LogP contribution is -2.43. The average molecular weight is 414 g/mol. The van der Waals surface area contributed by atoms with Crippen molar-refractivity contribution in [1.29, 1.82) is 5.26 Å². The SMILES string of the molecule is CC(C)(C)OC(=O)NC(/C=C/c1ccc([N+](=O)[O-])cc1)CC(=O)N1CCCC1C#N.